The second kappa shape index (κ2) is 9.42. The van der Waals surface area contributed by atoms with Gasteiger partial charge in [0.05, 0.1) is 6.54 Å². The molecule has 0 bridgehead atoms. The van der Waals surface area contributed by atoms with E-state index in [-0.39, 0.29) is 24.3 Å². The Morgan fingerprint density at radius 1 is 1.09 bits per heavy atom. The summed E-state index contributed by atoms with van der Waals surface area (Å²) in [4.78, 5) is 40.1. The van der Waals surface area contributed by atoms with Crippen LogP contribution < -0.4 is 16.4 Å². The molecular weight excluding hydrogens is 437 g/mol. The molecule has 1 saturated heterocycles. The highest BCUT2D eigenvalue weighted by Gasteiger charge is 2.52. The number of para-hydroxylation sites is 1. The summed E-state index contributed by atoms with van der Waals surface area (Å²) in [6.07, 6.45) is 1.90. The third kappa shape index (κ3) is 4.52. The molecule has 1 aliphatic heterocycles. The number of nitrogens with two attached hydrogens (primary N) is 1. The molecule has 10 heteroatoms. The van der Waals surface area contributed by atoms with Crippen molar-refractivity contribution in [1.29, 1.82) is 0 Å². The molecule has 0 spiro atoms. The van der Waals surface area contributed by atoms with E-state index < -0.39 is 23.3 Å². The van der Waals surface area contributed by atoms with E-state index in [0.717, 1.165) is 22.6 Å². The Bertz CT molecular complexity index is 1220. The average molecular weight is 464 g/mol. The van der Waals surface area contributed by atoms with Crippen LogP contribution in [0.25, 0.3) is 0 Å². The van der Waals surface area contributed by atoms with Gasteiger partial charge < -0.3 is 16.4 Å². The Hall–Kier alpha value is -4.08. The third-order valence-electron chi connectivity index (χ3n) is 5.81. The number of carbonyl (C=O) groups is 2. The van der Waals surface area contributed by atoms with Gasteiger partial charge in [0.15, 0.2) is 5.82 Å². The van der Waals surface area contributed by atoms with Crippen LogP contribution in [0.2, 0.25) is 0 Å². The second-order valence-electron chi connectivity index (χ2n) is 8.21. The summed E-state index contributed by atoms with van der Waals surface area (Å²) in [6, 6.07) is 12.6. The zero-order valence-electron chi connectivity index (χ0n) is 19.0. The van der Waals surface area contributed by atoms with Crippen LogP contribution in [-0.2, 0) is 16.9 Å². The molecule has 0 radical (unpaired) electrons. The standard InChI is InChI=1S/C24H26FN7O2/c1-3-4-13-24(16-9-11-17(25)12-10-16)20(33)32(23(34)31-24)14-19-28-21(26)30-22(29-19)27-18-8-6-5-7-15(18)2/h5-12H,3-4,13-14H2,1-2H3,(H,31,34)(H3,26,27,28,29,30)/t24-/m1/s1. The van der Waals surface area contributed by atoms with E-state index in [4.69, 9.17) is 5.73 Å². The fourth-order valence-corrected chi connectivity index (χ4v) is 4.00. The number of nitrogen functional groups attached to an aromatic ring is 1. The van der Waals surface area contributed by atoms with Gasteiger partial charge in [-0.25, -0.2) is 9.18 Å². The number of anilines is 3. The number of carbonyl (C=O) groups excluding carboxylic acids is 2. The van der Waals surface area contributed by atoms with E-state index in [2.05, 4.69) is 25.6 Å². The predicted octanol–water partition coefficient (Wildman–Crippen LogP) is 3.78. The fourth-order valence-electron chi connectivity index (χ4n) is 4.00. The van der Waals surface area contributed by atoms with Gasteiger partial charge in [-0.3, -0.25) is 9.69 Å². The first kappa shape index (κ1) is 23.1. The Morgan fingerprint density at radius 3 is 2.53 bits per heavy atom. The first-order chi connectivity index (χ1) is 16.3. The maximum absolute atomic E-state index is 13.6. The molecule has 4 N–H and O–H groups in total. The fraction of sp³-hybridized carbons (Fsp3) is 0.292. The summed E-state index contributed by atoms with van der Waals surface area (Å²) < 4.78 is 13.5. The topological polar surface area (TPSA) is 126 Å². The number of nitrogens with zero attached hydrogens (tertiary/aromatic N) is 4. The van der Waals surface area contributed by atoms with Gasteiger partial charge in [-0.1, -0.05) is 50.1 Å². The monoisotopic (exact) mass is 463 g/mol. The second-order valence-corrected chi connectivity index (χ2v) is 8.21. The molecule has 1 aromatic heterocycles. The van der Waals surface area contributed by atoms with Gasteiger partial charge in [-0.2, -0.15) is 15.0 Å². The minimum absolute atomic E-state index is 0.0380. The van der Waals surface area contributed by atoms with Gasteiger partial charge >= 0.3 is 6.03 Å². The molecule has 2 heterocycles. The molecule has 3 amide bonds. The maximum atomic E-state index is 13.6. The minimum Gasteiger partial charge on any atom is -0.368 e. The average Bonchev–Trinajstić information content (AvgIpc) is 3.04. The van der Waals surface area contributed by atoms with Crippen molar-refractivity contribution in [2.75, 3.05) is 11.1 Å². The quantitative estimate of drug-likeness (QED) is 0.434. The normalized spacial score (nSPS) is 17.7. The summed E-state index contributed by atoms with van der Waals surface area (Å²) in [6.45, 7) is 3.75. The molecule has 0 unspecified atom stereocenters. The number of amides is 3. The van der Waals surface area contributed by atoms with Crippen molar-refractivity contribution in [3.8, 4) is 0 Å². The van der Waals surface area contributed by atoms with Gasteiger partial charge in [0.1, 0.15) is 11.4 Å². The van der Waals surface area contributed by atoms with E-state index in [1.54, 1.807) is 0 Å². The first-order valence-corrected chi connectivity index (χ1v) is 11.1. The number of urea groups is 1. The number of unbranched alkanes of at least 4 members (excludes halogenated alkanes) is 1. The lowest BCUT2D eigenvalue weighted by Gasteiger charge is -2.27. The minimum atomic E-state index is -1.28. The summed E-state index contributed by atoms with van der Waals surface area (Å²) in [5.74, 6) is -0.525. The van der Waals surface area contributed by atoms with Crippen LogP contribution in [0.15, 0.2) is 48.5 Å². The number of aromatic nitrogens is 3. The van der Waals surface area contributed by atoms with Crippen molar-refractivity contribution in [3.05, 3.63) is 71.3 Å². The Labute approximate surface area is 196 Å². The molecule has 3 aromatic rings. The SMILES string of the molecule is CCCC[C@]1(c2ccc(F)cc2)NC(=O)N(Cc2nc(N)nc(Nc3ccccc3C)n2)C1=O. The lowest BCUT2D eigenvalue weighted by molar-refractivity contribution is -0.132. The largest absolute Gasteiger partial charge is 0.368 e. The number of benzene rings is 2. The highest BCUT2D eigenvalue weighted by atomic mass is 19.1. The van der Waals surface area contributed by atoms with Crippen LogP contribution in [0.1, 0.15) is 43.1 Å². The first-order valence-electron chi connectivity index (χ1n) is 11.1. The molecular formula is C24H26FN7O2. The van der Waals surface area contributed by atoms with Crippen molar-refractivity contribution in [3.63, 3.8) is 0 Å². The van der Waals surface area contributed by atoms with Crippen LogP contribution in [0.5, 0.6) is 0 Å². The zero-order chi connectivity index (χ0) is 24.3. The van der Waals surface area contributed by atoms with Crippen LogP contribution >= 0.6 is 0 Å². The highest BCUT2D eigenvalue weighted by Crippen LogP contribution is 2.35. The molecule has 1 aliphatic rings. The predicted molar refractivity (Wildman–Crippen MR) is 125 cm³/mol. The summed E-state index contributed by atoms with van der Waals surface area (Å²) >= 11 is 0. The summed E-state index contributed by atoms with van der Waals surface area (Å²) in [5, 5.41) is 5.93. The molecule has 1 atom stereocenters. The van der Waals surface area contributed by atoms with Crippen LogP contribution in [0.3, 0.4) is 0 Å². The molecule has 4 rings (SSSR count). The highest BCUT2D eigenvalue weighted by molar-refractivity contribution is 6.07. The molecule has 2 aromatic carbocycles. The summed E-state index contributed by atoms with van der Waals surface area (Å²) in [7, 11) is 0. The Balaban J connectivity index is 1.62. The Morgan fingerprint density at radius 2 is 1.82 bits per heavy atom. The van der Waals surface area contributed by atoms with E-state index in [1.165, 1.54) is 24.3 Å². The number of halogens is 1. The van der Waals surface area contributed by atoms with Crippen molar-refractivity contribution >= 4 is 29.5 Å². The van der Waals surface area contributed by atoms with Crippen molar-refractivity contribution in [1.82, 2.24) is 25.2 Å². The van der Waals surface area contributed by atoms with Crippen LogP contribution in [0, 0.1) is 12.7 Å². The van der Waals surface area contributed by atoms with Gasteiger partial charge in [-0.05, 0) is 42.7 Å². The van der Waals surface area contributed by atoms with Gasteiger partial charge in [-0.15, -0.1) is 0 Å². The zero-order valence-corrected chi connectivity index (χ0v) is 19.0. The molecule has 9 nitrogen and oxygen atoms in total. The number of nitrogens with one attached hydrogen (secondary N) is 2. The Kier molecular flexibility index (Phi) is 6.40. The van der Waals surface area contributed by atoms with E-state index in [1.807, 2.05) is 38.1 Å². The number of hydrogen-bond donors (Lipinski definition) is 3. The molecule has 176 valence electrons. The molecule has 1 fully saturated rings. The maximum Gasteiger partial charge on any atom is 0.325 e. The number of rotatable bonds is 8. The number of aryl methyl sites for hydroxylation is 1. The van der Waals surface area contributed by atoms with Gasteiger partial charge in [0.2, 0.25) is 11.9 Å². The number of hydrogen-bond acceptors (Lipinski definition) is 7. The molecule has 34 heavy (non-hydrogen) atoms. The molecule has 0 aliphatic carbocycles. The van der Waals surface area contributed by atoms with Gasteiger partial charge in [0, 0.05) is 5.69 Å². The van der Waals surface area contributed by atoms with Crippen molar-refractivity contribution in [2.45, 2.75) is 45.2 Å². The van der Waals surface area contributed by atoms with Crippen LogP contribution in [-0.4, -0.2) is 31.8 Å². The third-order valence-corrected chi connectivity index (χ3v) is 5.81. The summed E-state index contributed by atoms with van der Waals surface area (Å²) in [5.41, 5.74) is 6.91. The van der Waals surface area contributed by atoms with Crippen molar-refractivity contribution < 1.29 is 14.0 Å². The van der Waals surface area contributed by atoms with Crippen molar-refractivity contribution in [2.24, 2.45) is 0 Å². The van der Waals surface area contributed by atoms with Crippen LogP contribution in [0.4, 0.5) is 26.8 Å². The van der Waals surface area contributed by atoms with E-state index in [0.29, 0.717) is 18.4 Å². The van der Waals surface area contributed by atoms with E-state index >= 15 is 0 Å². The van der Waals surface area contributed by atoms with Gasteiger partial charge in [0.25, 0.3) is 5.91 Å². The lowest BCUT2D eigenvalue weighted by atomic mass is 9.85. The number of imide groups is 1. The lowest BCUT2D eigenvalue weighted by Crippen LogP contribution is -2.44. The smallest absolute Gasteiger partial charge is 0.325 e. The molecule has 0 saturated carbocycles. The van der Waals surface area contributed by atoms with E-state index in [9.17, 15) is 14.0 Å².